The Bertz CT molecular complexity index is 1470. The minimum absolute atomic E-state index is 0.154. The minimum atomic E-state index is -1.42. The molecule has 1 aliphatic rings. The predicted octanol–water partition coefficient (Wildman–Crippen LogP) is 2.41. The molecule has 3 aromatic rings. The van der Waals surface area contributed by atoms with Gasteiger partial charge in [0, 0.05) is 39.1 Å². The van der Waals surface area contributed by atoms with Gasteiger partial charge in [-0.25, -0.2) is 4.79 Å². The van der Waals surface area contributed by atoms with Crippen molar-refractivity contribution in [2.45, 2.75) is 58.4 Å². The largest absolute Gasteiger partial charge is 0.463 e. The maximum atomic E-state index is 12.5. The second-order valence-corrected chi connectivity index (χ2v) is 8.78. The van der Waals surface area contributed by atoms with Crippen LogP contribution in [0.3, 0.4) is 0 Å². The average Bonchev–Trinajstić information content (AvgIpc) is 2.85. The van der Waals surface area contributed by atoms with E-state index in [9.17, 15) is 24.0 Å². The van der Waals surface area contributed by atoms with Gasteiger partial charge in [-0.1, -0.05) is 18.2 Å². The van der Waals surface area contributed by atoms with Gasteiger partial charge in [0.15, 0.2) is 12.2 Å². The van der Waals surface area contributed by atoms with Gasteiger partial charge in [-0.05, 0) is 23.6 Å². The number of fused-ring (bicyclic) bond motifs is 3. The van der Waals surface area contributed by atoms with E-state index in [1.807, 2.05) is 0 Å². The fraction of sp³-hybridized carbons (Fsp3) is 0.370. The minimum Gasteiger partial charge on any atom is -0.463 e. The van der Waals surface area contributed by atoms with Crippen molar-refractivity contribution >= 4 is 45.6 Å². The predicted molar refractivity (Wildman–Crippen MR) is 133 cm³/mol. The second kappa shape index (κ2) is 11.5. The maximum absolute atomic E-state index is 12.5. The molecule has 39 heavy (non-hydrogen) atoms. The number of hydrogen-bond donors (Lipinski definition) is 0. The van der Waals surface area contributed by atoms with Crippen LogP contribution in [0, 0.1) is 0 Å². The summed E-state index contributed by atoms with van der Waals surface area (Å²) in [6.45, 7) is 4.16. The van der Waals surface area contributed by atoms with Crippen molar-refractivity contribution in [2.24, 2.45) is 0 Å². The molecule has 12 nitrogen and oxygen atoms in total. The van der Waals surface area contributed by atoms with Crippen molar-refractivity contribution in [2.75, 3.05) is 6.61 Å². The number of rotatable bonds is 7. The molecule has 0 aliphatic carbocycles. The van der Waals surface area contributed by atoms with Crippen molar-refractivity contribution < 1.29 is 52.0 Å². The number of carbonyl (C=O) groups is 4. The molecule has 206 valence electrons. The van der Waals surface area contributed by atoms with Gasteiger partial charge in [0.2, 0.25) is 12.4 Å². The van der Waals surface area contributed by atoms with E-state index < -0.39 is 66.8 Å². The van der Waals surface area contributed by atoms with Crippen molar-refractivity contribution in [3.05, 3.63) is 52.9 Å². The standard InChI is InChI=1S/C27H26O12/c1-13(28)33-12-22-23(34-14(2)29)24(35-15(3)30)25(36-16(4)31)27(39-22)37-17-9-10-19-18-7-5-6-8-20(18)26(32)38-21(19)11-17/h5-11,22-25,27H,12H2,1-4H3/t22-,23-,24-,25+,27+/m0/s1. The first-order valence-corrected chi connectivity index (χ1v) is 12.0. The van der Waals surface area contributed by atoms with E-state index in [0.717, 1.165) is 20.8 Å². The summed E-state index contributed by atoms with van der Waals surface area (Å²) in [7, 11) is 0. The van der Waals surface area contributed by atoms with Crippen LogP contribution >= 0.6 is 0 Å². The molecule has 5 atom stereocenters. The SMILES string of the molecule is CC(=O)OC[C@@H]1O[C@@H](Oc2ccc3c(c2)oc(=O)c2ccccc23)[C@H](OC(C)=O)[C@@H](OC(C)=O)[C@H]1OC(C)=O. The van der Waals surface area contributed by atoms with Gasteiger partial charge < -0.3 is 32.8 Å². The zero-order valence-electron chi connectivity index (χ0n) is 21.5. The molecule has 0 radical (unpaired) electrons. The lowest BCUT2D eigenvalue weighted by molar-refractivity contribution is -0.288. The lowest BCUT2D eigenvalue weighted by Crippen LogP contribution is -2.63. The van der Waals surface area contributed by atoms with Crippen molar-refractivity contribution in [3.63, 3.8) is 0 Å². The van der Waals surface area contributed by atoms with Gasteiger partial charge in [-0.2, -0.15) is 0 Å². The highest BCUT2D eigenvalue weighted by Crippen LogP contribution is 2.32. The summed E-state index contributed by atoms with van der Waals surface area (Å²) in [5.74, 6) is -2.75. The highest BCUT2D eigenvalue weighted by molar-refractivity contribution is 6.04. The highest BCUT2D eigenvalue weighted by atomic mass is 16.7. The molecule has 0 saturated carbocycles. The summed E-state index contributed by atoms with van der Waals surface area (Å²) >= 11 is 0. The molecular weight excluding hydrogens is 516 g/mol. The van der Waals surface area contributed by atoms with E-state index in [-0.39, 0.29) is 11.3 Å². The van der Waals surface area contributed by atoms with Gasteiger partial charge in [-0.3, -0.25) is 19.2 Å². The normalized spacial score (nSPS) is 22.6. The van der Waals surface area contributed by atoms with Crippen LogP contribution in [0.5, 0.6) is 5.75 Å². The fourth-order valence-corrected chi connectivity index (χ4v) is 4.35. The van der Waals surface area contributed by atoms with E-state index >= 15 is 0 Å². The summed E-state index contributed by atoms with van der Waals surface area (Å²) in [6, 6.07) is 11.7. The van der Waals surface area contributed by atoms with E-state index in [2.05, 4.69) is 0 Å². The molecule has 1 saturated heterocycles. The molecule has 12 heteroatoms. The van der Waals surface area contributed by atoms with Crippen LogP contribution in [0.15, 0.2) is 51.7 Å². The van der Waals surface area contributed by atoms with Gasteiger partial charge in [-0.15, -0.1) is 0 Å². The van der Waals surface area contributed by atoms with Crippen LogP contribution in [0.1, 0.15) is 27.7 Å². The molecule has 2 heterocycles. The molecule has 0 bridgehead atoms. The van der Waals surface area contributed by atoms with Crippen LogP contribution in [-0.2, 0) is 42.9 Å². The average molecular weight is 542 g/mol. The Labute approximate surface area is 221 Å². The second-order valence-electron chi connectivity index (χ2n) is 8.78. The first-order chi connectivity index (χ1) is 18.5. The summed E-state index contributed by atoms with van der Waals surface area (Å²) in [6.07, 6.45) is -6.67. The van der Waals surface area contributed by atoms with Crippen LogP contribution in [-0.4, -0.2) is 61.2 Å². The third-order valence-electron chi connectivity index (χ3n) is 5.79. The summed E-state index contributed by atoms with van der Waals surface area (Å²) in [5, 5.41) is 1.75. The zero-order valence-corrected chi connectivity index (χ0v) is 21.5. The lowest BCUT2D eigenvalue weighted by atomic mass is 9.98. The summed E-state index contributed by atoms with van der Waals surface area (Å²) in [5.41, 5.74) is -0.315. The highest BCUT2D eigenvalue weighted by Gasteiger charge is 2.53. The van der Waals surface area contributed by atoms with Crippen LogP contribution in [0.4, 0.5) is 0 Å². The Morgan fingerprint density at radius 3 is 2.00 bits per heavy atom. The maximum Gasteiger partial charge on any atom is 0.344 e. The number of carbonyl (C=O) groups excluding carboxylic acids is 4. The first-order valence-electron chi connectivity index (χ1n) is 12.0. The fourth-order valence-electron chi connectivity index (χ4n) is 4.35. The molecule has 1 aliphatic heterocycles. The van der Waals surface area contributed by atoms with Gasteiger partial charge in [0.25, 0.3) is 0 Å². The zero-order chi connectivity index (χ0) is 28.3. The molecule has 0 N–H and O–H groups in total. The lowest BCUT2D eigenvalue weighted by Gasteiger charge is -2.43. The van der Waals surface area contributed by atoms with E-state index in [1.165, 1.54) is 13.0 Å². The van der Waals surface area contributed by atoms with Crippen LogP contribution in [0.2, 0.25) is 0 Å². The monoisotopic (exact) mass is 542 g/mol. The number of ether oxygens (including phenoxy) is 6. The summed E-state index contributed by atoms with van der Waals surface area (Å²) < 4.78 is 38.6. The first kappa shape index (κ1) is 27.6. The van der Waals surface area contributed by atoms with Crippen LogP contribution < -0.4 is 10.4 Å². The Balaban J connectivity index is 1.74. The Hall–Kier alpha value is -4.45. The molecule has 4 rings (SSSR count). The van der Waals surface area contributed by atoms with Crippen molar-refractivity contribution in [1.82, 2.24) is 0 Å². The number of benzene rings is 2. The smallest absolute Gasteiger partial charge is 0.344 e. The van der Waals surface area contributed by atoms with Crippen LogP contribution in [0.25, 0.3) is 21.7 Å². The number of hydrogen-bond acceptors (Lipinski definition) is 12. The molecular formula is C27H26O12. The topological polar surface area (TPSA) is 154 Å². The molecule has 2 aromatic carbocycles. The van der Waals surface area contributed by atoms with Crippen molar-refractivity contribution in [1.29, 1.82) is 0 Å². The summed E-state index contributed by atoms with van der Waals surface area (Å²) in [4.78, 5) is 59.8. The molecule has 1 aromatic heterocycles. The van der Waals surface area contributed by atoms with E-state index in [0.29, 0.717) is 16.2 Å². The molecule has 0 spiro atoms. The molecule has 0 amide bonds. The van der Waals surface area contributed by atoms with Gasteiger partial charge in [0.05, 0.1) is 5.39 Å². The van der Waals surface area contributed by atoms with Crippen molar-refractivity contribution in [3.8, 4) is 5.75 Å². The Morgan fingerprint density at radius 1 is 0.744 bits per heavy atom. The third-order valence-corrected chi connectivity index (χ3v) is 5.79. The third kappa shape index (κ3) is 6.34. The molecule has 1 fully saturated rings. The van der Waals surface area contributed by atoms with E-state index in [4.69, 9.17) is 32.8 Å². The quantitative estimate of drug-likeness (QED) is 0.186. The molecule has 0 unspecified atom stereocenters. The number of esters is 4. The Morgan fingerprint density at radius 2 is 1.36 bits per heavy atom. The van der Waals surface area contributed by atoms with Gasteiger partial charge >= 0.3 is 29.5 Å². The van der Waals surface area contributed by atoms with Gasteiger partial charge in [0.1, 0.15) is 24.0 Å². The van der Waals surface area contributed by atoms with E-state index in [1.54, 1.807) is 36.4 Å². The Kier molecular flexibility index (Phi) is 8.15.